The summed E-state index contributed by atoms with van der Waals surface area (Å²) in [5, 5.41) is 0. The fraction of sp³-hybridized carbons (Fsp3) is 0.600. The van der Waals surface area contributed by atoms with Crippen molar-refractivity contribution in [2.24, 2.45) is 5.73 Å². The number of hydrogen-bond donors (Lipinski definition) is 1. The molecule has 3 rings (SSSR count). The first kappa shape index (κ1) is 13.0. The van der Waals surface area contributed by atoms with Crippen LogP contribution in [0.1, 0.15) is 24.0 Å². The van der Waals surface area contributed by atoms with E-state index in [0.717, 1.165) is 49.9 Å². The Bertz CT molecular complexity index is 437. The molecule has 1 saturated heterocycles. The fourth-order valence-corrected chi connectivity index (χ4v) is 2.91. The maximum absolute atomic E-state index is 13.5. The van der Waals surface area contributed by atoms with E-state index in [4.69, 9.17) is 5.73 Å². The lowest BCUT2D eigenvalue weighted by atomic mass is 10.1. The number of benzene rings is 1. The van der Waals surface area contributed by atoms with Crippen molar-refractivity contribution in [3.05, 3.63) is 35.1 Å². The average molecular weight is 263 g/mol. The van der Waals surface area contributed by atoms with Crippen molar-refractivity contribution < 1.29 is 4.39 Å². The van der Waals surface area contributed by atoms with Crippen LogP contribution in [0.3, 0.4) is 0 Å². The van der Waals surface area contributed by atoms with Crippen LogP contribution < -0.4 is 5.73 Å². The second-order valence-corrected chi connectivity index (χ2v) is 5.72. The maximum atomic E-state index is 13.5. The Morgan fingerprint density at radius 1 is 1.05 bits per heavy atom. The monoisotopic (exact) mass is 263 g/mol. The van der Waals surface area contributed by atoms with E-state index < -0.39 is 0 Å². The molecule has 1 aliphatic carbocycles. The van der Waals surface area contributed by atoms with Crippen molar-refractivity contribution in [2.75, 3.05) is 26.2 Å². The highest BCUT2D eigenvalue weighted by atomic mass is 19.1. The van der Waals surface area contributed by atoms with Crippen molar-refractivity contribution in [2.45, 2.75) is 32.0 Å². The van der Waals surface area contributed by atoms with Crippen LogP contribution in [-0.2, 0) is 13.1 Å². The van der Waals surface area contributed by atoms with Crippen LogP contribution in [0.2, 0.25) is 0 Å². The molecule has 1 aliphatic heterocycles. The highest BCUT2D eigenvalue weighted by Gasteiger charge is 2.31. The van der Waals surface area contributed by atoms with Gasteiger partial charge >= 0.3 is 0 Å². The standard InChI is InChI=1S/C15H22FN3/c16-14-8-12(10-17)7-13(9-14)11-18-3-5-19(6-4-18)15-1-2-15/h7-9,15H,1-6,10-11,17H2. The van der Waals surface area contributed by atoms with Gasteiger partial charge in [-0.25, -0.2) is 4.39 Å². The Morgan fingerprint density at radius 2 is 1.74 bits per heavy atom. The van der Waals surface area contributed by atoms with E-state index in [1.165, 1.54) is 18.9 Å². The molecule has 104 valence electrons. The largest absolute Gasteiger partial charge is 0.326 e. The van der Waals surface area contributed by atoms with Gasteiger partial charge in [-0.15, -0.1) is 0 Å². The quantitative estimate of drug-likeness (QED) is 0.895. The zero-order valence-electron chi connectivity index (χ0n) is 11.3. The molecule has 0 radical (unpaired) electrons. The number of piperazine rings is 1. The Morgan fingerprint density at radius 3 is 2.37 bits per heavy atom. The summed E-state index contributed by atoms with van der Waals surface area (Å²) in [4.78, 5) is 5.00. The third kappa shape index (κ3) is 3.32. The molecule has 0 spiro atoms. The molecular weight excluding hydrogens is 241 g/mol. The van der Waals surface area contributed by atoms with E-state index in [2.05, 4.69) is 9.80 Å². The van der Waals surface area contributed by atoms with Gasteiger partial charge in [0, 0.05) is 45.3 Å². The van der Waals surface area contributed by atoms with Crippen molar-refractivity contribution in [1.82, 2.24) is 9.80 Å². The summed E-state index contributed by atoms with van der Waals surface area (Å²) in [6, 6.07) is 6.04. The number of nitrogens with zero attached hydrogens (tertiary/aromatic N) is 2. The lowest BCUT2D eigenvalue weighted by Crippen LogP contribution is -2.46. The molecule has 0 unspecified atom stereocenters. The Kier molecular flexibility index (Phi) is 3.82. The maximum Gasteiger partial charge on any atom is 0.123 e. The molecule has 0 atom stereocenters. The lowest BCUT2D eigenvalue weighted by molar-refractivity contribution is 0.121. The third-order valence-corrected chi connectivity index (χ3v) is 4.13. The minimum absolute atomic E-state index is 0.172. The third-order valence-electron chi connectivity index (χ3n) is 4.13. The summed E-state index contributed by atoms with van der Waals surface area (Å²) in [7, 11) is 0. The molecule has 4 heteroatoms. The number of hydrogen-bond acceptors (Lipinski definition) is 3. The highest BCUT2D eigenvalue weighted by molar-refractivity contribution is 5.24. The van der Waals surface area contributed by atoms with Crippen LogP contribution in [-0.4, -0.2) is 42.0 Å². The predicted octanol–water partition coefficient (Wildman–Crippen LogP) is 1.56. The summed E-state index contributed by atoms with van der Waals surface area (Å²) in [6.07, 6.45) is 2.76. The van der Waals surface area contributed by atoms with Crippen LogP contribution in [0.5, 0.6) is 0 Å². The molecule has 1 heterocycles. The summed E-state index contributed by atoms with van der Waals surface area (Å²) in [6.45, 7) is 5.73. The second-order valence-electron chi connectivity index (χ2n) is 5.72. The highest BCUT2D eigenvalue weighted by Crippen LogP contribution is 2.27. The van der Waals surface area contributed by atoms with Crippen molar-refractivity contribution in [1.29, 1.82) is 0 Å². The van der Waals surface area contributed by atoms with Crippen LogP contribution >= 0.6 is 0 Å². The van der Waals surface area contributed by atoms with Gasteiger partial charge in [0.1, 0.15) is 5.82 Å². The van der Waals surface area contributed by atoms with E-state index >= 15 is 0 Å². The zero-order valence-corrected chi connectivity index (χ0v) is 11.3. The van der Waals surface area contributed by atoms with E-state index in [1.807, 2.05) is 6.07 Å². The topological polar surface area (TPSA) is 32.5 Å². The Hall–Kier alpha value is -0.970. The molecule has 0 bridgehead atoms. The molecule has 1 saturated carbocycles. The molecule has 1 aromatic rings. The van der Waals surface area contributed by atoms with Gasteiger partial charge < -0.3 is 5.73 Å². The van der Waals surface area contributed by atoms with Crippen molar-refractivity contribution in [3.8, 4) is 0 Å². The second kappa shape index (κ2) is 5.57. The first-order valence-electron chi connectivity index (χ1n) is 7.19. The van der Waals surface area contributed by atoms with Crippen LogP contribution in [0, 0.1) is 5.82 Å². The van der Waals surface area contributed by atoms with E-state index in [1.54, 1.807) is 6.07 Å². The van der Waals surface area contributed by atoms with E-state index in [-0.39, 0.29) is 5.82 Å². The molecule has 0 aromatic heterocycles. The van der Waals surface area contributed by atoms with Gasteiger partial charge in [0.05, 0.1) is 0 Å². The van der Waals surface area contributed by atoms with Gasteiger partial charge in [-0.2, -0.15) is 0 Å². The van der Waals surface area contributed by atoms with Gasteiger partial charge in [0.2, 0.25) is 0 Å². The van der Waals surface area contributed by atoms with Crippen LogP contribution in [0.4, 0.5) is 4.39 Å². The van der Waals surface area contributed by atoms with Crippen LogP contribution in [0.25, 0.3) is 0 Å². The molecule has 19 heavy (non-hydrogen) atoms. The molecule has 2 aliphatic rings. The molecule has 0 amide bonds. The van der Waals surface area contributed by atoms with Gasteiger partial charge in [0.25, 0.3) is 0 Å². The molecule has 1 aromatic carbocycles. The SMILES string of the molecule is NCc1cc(F)cc(CN2CCN(C3CC3)CC2)c1. The van der Waals surface area contributed by atoms with Crippen LogP contribution in [0.15, 0.2) is 18.2 Å². The summed E-state index contributed by atoms with van der Waals surface area (Å²) in [5.41, 5.74) is 7.52. The smallest absolute Gasteiger partial charge is 0.123 e. The predicted molar refractivity (Wildman–Crippen MR) is 74.2 cm³/mol. The van der Waals surface area contributed by atoms with Crippen molar-refractivity contribution >= 4 is 0 Å². The summed E-state index contributed by atoms with van der Waals surface area (Å²) >= 11 is 0. The lowest BCUT2D eigenvalue weighted by Gasteiger charge is -2.34. The molecule has 2 N–H and O–H groups in total. The Balaban J connectivity index is 1.57. The normalized spacial score (nSPS) is 21.8. The minimum atomic E-state index is -0.172. The number of rotatable bonds is 4. The van der Waals surface area contributed by atoms with E-state index in [9.17, 15) is 4.39 Å². The molecule has 2 fully saturated rings. The summed E-state index contributed by atoms with van der Waals surface area (Å²) in [5.74, 6) is -0.172. The summed E-state index contributed by atoms with van der Waals surface area (Å²) < 4.78 is 13.5. The molecular formula is C15H22FN3. The Labute approximate surface area is 114 Å². The van der Waals surface area contributed by atoms with Gasteiger partial charge in [-0.05, 0) is 36.1 Å². The van der Waals surface area contributed by atoms with Crippen molar-refractivity contribution in [3.63, 3.8) is 0 Å². The average Bonchev–Trinajstić information content (AvgIpc) is 3.23. The first-order valence-corrected chi connectivity index (χ1v) is 7.19. The molecule has 3 nitrogen and oxygen atoms in total. The van der Waals surface area contributed by atoms with Gasteiger partial charge in [-0.3, -0.25) is 9.80 Å². The number of halogens is 1. The van der Waals surface area contributed by atoms with Gasteiger partial charge in [0.15, 0.2) is 0 Å². The fourth-order valence-electron chi connectivity index (χ4n) is 2.91. The minimum Gasteiger partial charge on any atom is -0.326 e. The number of nitrogens with two attached hydrogens (primary N) is 1. The first-order chi connectivity index (χ1) is 9.24. The zero-order chi connectivity index (χ0) is 13.2. The van der Waals surface area contributed by atoms with Gasteiger partial charge in [-0.1, -0.05) is 6.07 Å². The van der Waals surface area contributed by atoms with E-state index in [0.29, 0.717) is 6.54 Å².